The van der Waals surface area contributed by atoms with E-state index in [0.29, 0.717) is 22.3 Å². The first-order chi connectivity index (χ1) is 7.50. The molecule has 0 unspecified atom stereocenters. The van der Waals surface area contributed by atoms with Crippen LogP contribution in [0.1, 0.15) is 9.67 Å². The van der Waals surface area contributed by atoms with Crippen LogP contribution in [0.4, 0.5) is 0 Å². The van der Waals surface area contributed by atoms with Gasteiger partial charge in [-0.1, -0.05) is 11.6 Å². The van der Waals surface area contributed by atoms with Crippen LogP contribution >= 0.6 is 22.9 Å². The van der Waals surface area contributed by atoms with Crippen LogP contribution in [-0.2, 0) is 4.79 Å². The van der Waals surface area contributed by atoms with Crippen LogP contribution in [0.25, 0.3) is 0 Å². The minimum Gasteiger partial charge on any atom is -0.348 e. The van der Waals surface area contributed by atoms with Crippen LogP contribution in [-0.4, -0.2) is 43.8 Å². The molecule has 0 aliphatic heterocycles. The maximum absolute atomic E-state index is 11.6. The van der Waals surface area contributed by atoms with Gasteiger partial charge in [0, 0.05) is 13.1 Å². The molecule has 1 aromatic rings. The zero-order chi connectivity index (χ0) is 12.1. The number of nitrogens with zero attached hydrogens (tertiary/aromatic N) is 1. The number of carbonyl (C=O) groups excluding carboxylic acids is 2. The van der Waals surface area contributed by atoms with Crippen molar-refractivity contribution in [1.29, 1.82) is 0 Å². The molecule has 88 valence electrons. The first kappa shape index (κ1) is 13.2. The van der Waals surface area contributed by atoms with Crippen molar-refractivity contribution in [3.8, 4) is 0 Å². The van der Waals surface area contributed by atoms with Gasteiger partial charge in [0.1, 0.15) is 0 Å². The standard InChI is InChI=1S/C10H13ClN2O2S/c1-13(2)6-5-12-10(15)9(14)7-3-4-8(11)16-7/h3-4H,5-6H2,1-2H3,(H,12,15). The smallest absolute Gasteiger partial charge is 0.293 e. The van der Waals surface area contributed by atoms with Crippen LogP contribution < -0.4 is 5.32 Å². The summed E-state index contributed by atoms with van der Waals surface area (Å²) >= 11 is 6.79. The molecule has 0 fully saturated rings. The molecule has 6 heteroatoms. The molecule has 0 saturated carbocycles. The fourth-order valence-electron chi connectivity index (χ4n) is 1.02. The van der Waals surface area contributed by atoms with Gasteiger partial charge in [-0.25, -0.2) is 0 Å². The molecule has 1 amide bonds. The quantitative estimate of drug-likeness (QED) is 0.641. The van der Waals surface area contributed by atoms with Gasteiger partial charge in [-0.15, -0.1) is 11.3 Å². The van der Waals surface area contributed by atoms with E-state index in [1.54, 1.807) is 12.1 Å². The number of rotatable bonds is 5. The Labute approximate surface area is 103 Å². The molecule has 0 aliphatic carbocycles. The molecule has 0 aliphatic rings. The molecule has 0 aromatic carbocycles. The van der Waals surface area contributed by atoms with Crippen molar-refractivity contribution in [2.24, 2.45) is 0 Å². The number of thiophene rings is 1. The summed E-state index contributed by atoms with van der Waals surface area (Å²) in [5, 5.41) is 2.55. The van der Waals surface area contributed by atoms with E-state index < -0.39 is 11.7 Å². The van der Waals surface area contributed by atoms with E-state index in [9.17, 15) is 9.59 Å². The summed E-state index contributed by atoms with van der Waals surface area (Å²) < 4.78 is 0.504. The van der Waals surface area contributed by atoms with Gasteiger partial charge in [-0.3, -0.25) is 9.59 Å². The second-order valence-electron chi connectivity index (χ2n) is 3.49. The minimum atomic E-state index is -0.583. The van der Waals surface area contributed by atoms with Gasteiger partial charge in [-0.2, -0.15) is 0 Å². The van der Waals surface area contributed by atoms with Gasteiger partial charge in [0.15, 0.2) is 0 Å². The van der Waals surface area contributed by atoms with Gasteiger partial charge in [0.25, 0.3) is 11.7 Å². The van der Waals surface area contributed by atoms with E-state index in [1.807, 2.05) is 19.0 Å². The average Bonchev–Trinajstić information content (AvgIpc) is 2.63. The number of nitrogens with one attached hydrogen (secondary N) is 1. The van der Waals surface area contributed by atoms with E-state index in [-0.39, 0.29) is 0 Å². The predicted molar refractivity (Wildman–Crippen MR) is 65.2 cm³/mol. The number of carbonyl (C=O) groups is 2. The molecule has 1 N–H and O–H groups in total. The van der Waals surface area contributed by atoms with Crippen molar-refractivity contribution in [1.82, 2.24) is 10.2 Å². The number of amides is 1. The Morgan fingerprint density at radius 1 is 1.44 bits per heavy atom. The Balaban J connectivity index is 2.45. The zero-order valence-electron chi connectivity index (χ0n) is 9.12. The van der Waals surface area contributed by atoms with Crippen LogP contribution in [0.3, 0.4) is 0 Å². The number of Topliss-reactive ketones (excluding diaryl/α,β-unsaturated/α-hetero) is 1. The number of hydrogen-bond acceptors (Lipinski definition) is 4. The fourth-order valence-corrected chi connectivity index (χ4v) is 2.00. The summed E-state index contributed by atoms with van der Waals surface area (Å²) in [6.07, 6.45) is 0. The van der Waals surface area contributed by atoms with Crippen LogP contribution in [0, 0.1) is 0 Å². The number of ketones is 1. The minimum absolute atomic E-state index is 0.368. The van der Waals surface area contributed by atoms with Crippen molar-refractivity contribution in [2.45, 2.75) is 0 Å². The summed E-state index contributed by atoms with van der Waals surface area (Å²) in [5.41, 5.74) is 0. The predicted octanol–water partition coefficient (Wildman–Crippen LogP) is 1.26. The highest BCUT2D eigenvalue weighted by molar-refractivity contribution is 7.18. The van der Waals surface area contributed by atoms with Gasteiger partial charge in [0.2, 0.25) is 0 Å². The molecule has 0 radical (unpaired) electrons. The Morgan fingerprint density at radius 2 is 2.12 bits per heavy atom. The van der Waals surface area contributed by atoms with Gasteiger partial charge >= 0.3 is 0 Å². The van der Waals surface area contributed by atoms with Gasteiger partial charge in [-0.05, 0) is 26.2 Å². The number of likely N-dealkylation sites (N-methyl/N-ethyl adjacent to an activating group) is 1. The summed E-state index contributed by atoms with van der Waals surface area (Å²) in [4.78, 5) is 25.3. The van der Waals surface area contributed by atoms with E-state index >= 15 is 0 Å². The monoisotopic (exact) mass is 260 g/mol. The lowest BCUT2D eigenvalue weighted by Gasteiger charge is -2.09. The van der Waals surface area contributed by atoms with Crippen LogP contribution in [0.2, 0.25) is 4.34 Å². The largest absolute Gasteiger partial charge is 0.348 e. The van der Waals surface area contributed by atoms with E-state index in [0.717, 1.165) is 11.3 Å². The summed E-state index contributed by atoms with van der Waals surface area (Å²) in [6, 6.07) is 3.16. The lowest BCUT2D eigenvalue weighted by atomic mass is 10.3. The first-order valence-corrected chi connectivity index (χ1v) is 5.92. The third kappa shape index (κ3) is 3.92. The molecule has 0 atom stereocenters. The molecule has 1 aromatic heterocycles. The SMILES string of the molecule is CN(C)CCNC(=O)C(=O)c1ccc(Cl)s1. The summed E-state index contributed by atoms with van der Waals surface area (Å²) in [6.45, 7) is 1.15. The van der Waals surface area contributed by atoms with Gasteiger partial charge < -0.3 is 10.2 Å². The first-order valence-electron chi connectivity index (χ1n) is 4.73. The zero-order valence-corrected chi connectivity index (χ0v) is 10.7. The maximum Gasteiger partial charge on any atom is 0.293 e. The van der Waals surface area contributed by atoms with Crippen molar-refractivity contribution < 1.29 is 9.59 Å². The van der Waals surface area contributed by atoms with Crippen molar-refractivity contribution in [2.75, 3.05) is 27.2 Å². The molecule has 16 heavy (non-hydrogen) atoms. The Hall–Kier alpha value is -0.910. The third-order valence-electron chi connectivity index (χ3n) is 1.85. The number of hydrogen-bond donors (Lipinski definition) is 1. The highest BCUT2D eigenvalue weighted by Crippen LogP contribution is 2.21. The Kier molecular flexibility index (Phi) is 4.92. The van der Waals surface area contributed by atoms with Crippen LogP contribution in [0.15, 0.2) is 12.1 Å². The highest BCUT2D eigenvalue weighted by atomic mass is 35.5. The molecule has 4 nitrogen and oxygen atoms in total. The summed E-state index contributed by atoms with van der Waals surface area (Å²) in [7, 11) is 3.79. The highest BCUT2D eigenvalue weighted by Gasteiger charge is 2.17. The second-order valence-corrected chi connectivity index (χ2v) is 5.21. The molecule has 0 spiro atoms. The molecule has 0 bridgehead atoms. The van der Waals surface area contributed by atoms with Crippen molar-refractivity contribution in [3.63, 3.8) is 0 Å². The second kappa shape index (κ2) is 5.98. The van der Waals surface area contributed by atoms with Gasteiger partial charge in [0.05, 0.1) is 9.21 Å². The maximum atomic E-state index is 11.6. The van der Waals surface area contributed by atoms with E-state index in [4.69, 9.17) is 11.6 Å². The number of halogens is 1. The van der Waals surface area contributed by atoms with E-state index in [2.05, 4.69) is 5.32 Å². The molecule has 0 saturated heterocycles. The normalized spacial score (nSPS) is 10.5. The average molecular weight is 261 g/mol. The third-order valence-corrected chi connectivity index (χ3v) is 3.08. The topological polar surface area (TPSA) is 49.4 Å². The molecular weight excluding hydrogens is 248 g/mol. The Bertz CT molecular complexity index is 390. The lowest BCUT2D eigenvalue weighted by Crippen LogP contribution is -2.35. The Morgan fingerprint density at radius 3 is 2.62 bits per heavy atom. The van der Waals surface area contributed by atoms with Crippen LogP contribution in [0.5, 0.6) is 0 Å². The molecule has 1 heterocycles. The molecular formula is C10H13ClN2O2S. The lowest BCUT2D eigenvalue weighted by molar-refractivity contribution is -0.117. The van der Waals surface area contributed by atoms with Crippen molar-refractivity contribution in [3.05, 3.63) is 21.3 Å². The summed E-state index contributed by atoms with van der Waals surface area (Å²) in [5.74, 6) is -1.11. The molecule has 1 rings (SSSR count). The fraction of sp³-hybridized carbons (Fsp3) is 0.400. The van der Waals surface area contributed by atoms with E-state index in [1.165, 1.54) is 0 Å². The van der Waals surface area contributed by atoms with Crippen molar-refractivity contribution >= 4 is 34.6 Å².